The zero-order valence-electron chi connectivity index (χ0n) is 17.2. The summed E-state index contributed by atoms with van der Waals surface area (Å²) in [6, 6.07) is 5.98. The van der Waals surface area contributed by atoms with Gasteiger partial charge < -0.3 is 10.2 Å². The maximum Gasteiger partial charge on any atom is 0.416 e. The Bertz CT molecular complexity index is 664. The summed E-state index contributed by atoms with van der Waals surface area (Å²) < 4.78 is 38.8. The van der Waals surface area contributed by atoms with Crippen molar-refractivity contribution >= 4 is 11.6 Å². The van der Waals surface area contributed by atoms with Crippen molar-refractivity contribution in [3.8, 4) is 0 Å². The van der Waals surface area contributed by atoms with Gasteiger partial charge in [-0.05, 0) is 62.8 Å². The lowest BCUT2D eigenvalue weighted by molar-refractivity contribution is -0.137. The van der Waals surface area contributed by atoms with Gasteiger partial charge in [-0.25, -0.2) is 0 Å². The molecule has 0 radical (unpaired) electrons. The predicted octanol–water partition coefficient (Wildman–Crippen LogP) is 4.30. The third-order valence-corrected chi connectivity index (χ3v) is 6.30. The van der Waals surface area contributed by atoms with Gasteiger partial charge in [-0.3, -0.25) is 9.69 Å². The fourth-order valence-corrected chi connectivity index (χ4v) is 4.40. The summed E-state index contributed by atoms with van der Waals surface area (Å²) in [5, 5.41) is 3.10. The fourth-order valence-electron chi connectivity index (χ4n) is 4.40. The van der Waals surface area contributed by atoms with Crippen molar-refractivity contribution in [2.24, 2.45) is 5.92 Å². The van der Waals surface area contributed by atoms with Crippen LogP contribution in [0.5, 0.6) is 0 Å². The van der Waals surface area contributed by atoms with Gasteiger partial charge in [0.1, 0.15) is 0 Å². The lowest BCUT2D eigenvalue weighted by Gasteiger charge is -2.37. The molecule has 1 aliphatic carbocycles. The molecule has 2 aliphatic rings. The molecule has 1 aliphatic heterocycles. The summed E-state index contributed by atoms with van der Waals surface area (Å²) in [4.78, 5) is 16.0. The molecule has 1 saturated heterocycles. The van der Waals surface area contributed by atoms with Gasteiger partial charge in [-0.15, -0.1) is 0 Å². The van der Waals surface area contributed by atoms with Crippen LogP contribution in [-0.2, 0) is 11.0 Å². The van der Waals surface area contributed by atoms with E-state index in [1.54, 1.807) is 6.07 Å². The largest absolute Gasteiger partial charge is 0.416 e. The molecule has 1 amide bonds. The zero-order chi connectivity index (χ0) is 20.9. The summed E-state index contributed by atoms with van der Waals surface area (Å²) in [6.45, 7) is 6.23. The number of hydrogen-bond acceptors (Lipinski definition) is 3. The summed E-state index contributed by atoms with van der Waals surface area (Å²) in [5.41, 5.74) is 0.0788. The van der Waals surface area contributed by atoms with Gasteiger partial charge in [0.05, 0.1) is 5.56 Å². The second-order valence-electron chi connectivity index (χ2n) is 8.30. The summed E-state index contributed by atoms with van der Waals surface area (Å²) in [7, 11) is 0. The number of rotatable bonds is 6. The van der Waals surface area contributed by atoms with Crippen molar-refractivity contribution in [3.05, 3.63) is 29.8 Å². The molecule has 0 unspecified atom stereocenters. The number of halogens is 3. The number of benzene rings is 1. The molecule has 29 heavy (non-hydrogen) atoms. The normalized spacial score (nSPS) is 23.8. The molecule has 2 fully saturated rings. The standard InChI is InChI=1S/C22H32F3N3O/c1-2-21(29)26-19-8-6-17(7-9-19)10-11-27-12-14-28(15-13-27)20-5-3-4-18(16-20)22(23,24)25/h3-5,16-17,19H,2,6-15H2,1H3,(H,26,29). The van der Waals surface area contributed by atoms with Crippen LogP contribution in [0.1, 0.15) is 51.0 Å². The second-order valence-corrected chi connectivity index (χ2v) is 8.30. The predicted molar refractivity (Wildman–Crippen MR) is 109 cm³/mol. The smallest absolute Gasteiger partial charge is 0.369 e. The average molecular weight is 412 g/mol. The third-order valence-electron chi connectivity index (χ3n) is 6.30. The van der Waals surface area contributed by atoms with Gasteiger partial charge in [0, 0.05) is 44.3 Å². The van der Waals surface area contributed by atoms with Crippen molar-refractivity contribution in [1.29, 1.82) is 0 Å². The second kappa shape index (κ2) is 9.83. The van der Waals surface area contributed by atoms with Gasteiger partial charge in [-0.1, -0.05) is 13.0 Å². The van der Waals surface area contributed by atoms with Crippen LogP contribution in [-0.4, -0.2) is 49.6 Å². The first-order valence-corrected chi connectivity index (χ1v) is 10.8. The van der Waals surface area contributed by atoms with Crippen LogP contribution in [0.3, 0.4) is 0 Å². The molecule has 1 N–H and O–H groups in total. The molecule has 1 saturated carbocycles. The third kappa shape index (κ3) is 6.36. The van der Waals surface area contributed by atoms with Crippen LogP contribution in [0, 0.1) is 5.92 Å². The molecule has 1 heterocycles. The number of anilines is 1. The van der Waals surface area contributed by atoms with E-state index in [9.17, 15) is 18.0 Å². The van der Waals surface area contributed by atoms with Crippen molar-refractivity contribution in [2.45, 2.75) is 57.7 Å². The van der Waals surface area contributed by atoms with Crippen molar-refractivity contribution in [2.75, 3.05) is 37.6 Å². The molecular weight excluding hydrogens is 379 g/mol. The van der Waals surface area contributed by atoms with Crippen molar-refractivity contribution in [1.82, 2.24) is 10.2 Å². The lowest BCUT2D eigenvalue weighted by Crippen LogP contribution is -2.47. The Balaban J connectivity index is 1.38. The van der Waals surface area contributed by atoms with Gasteiger partial charge in [0.25, 0.3) is 0 Å². The summed E-state index contributed by atoms with van der Waals surface area (Å²) in [5.74, 6) is 0.860. The minimum Gasteiger partial charge on any atom is -0.369 e. The minimum atomic E-state index is -4.30. The van der Waals surface area contributed by atoms with Gasteiger partial charge in [0.2, 0.25) is 5.91 Å². The van der Waals surface area contributed by atoms with E-state index in [4.69, 9.17) is 0 Å². The number of alkyl halides is 3. The van der Waals surface area contributed by atoms with E-state index in [0.717, 1.165) is 58.1 Å². The SMILES string of the molecule is CCC(=O)NC1CCC(CCN2CCN(c3cccc(C(F)(F)F)c3)CC2)CC1. The Labute approximate surface area is 171 Å². The fraction of sp³-hybridized carbons (Fsp3) is 0.682. The van der Waals surface area contributed by atoms with Gasteiger partial charge in [-0.2, -0.15) is 13.2 Å². The summed E-state index contributed by atoms with van der Waals surface area (Å²) in [6.07, 6.45) is 1.89. The minimum absolute atomic E-state index is 0.145. The Hall–Kier alpha value is -1.76. The monoisotopic (exact) mass is 411 g/mol. The number of amides is 1. The Morgan fingerprint density at radius 3 is 2.41 bits per heavy atom. The molecule has 162 valence electrons. The molecular formula is C22H32F3N3O. The molecule has 1 aromatic carbocycles. The molecule has 0 atom stereocenters. The van der Waals surface area contributed by atoms with Crippen molar-refractivity contribution in [3.63, 3.8) is 0 Å². The Morgan fingerprint density at radius 2 is 1.79 bits per heavy atom. The van der Waals surface area contributed by atoms with Crippen LogP contribution in [0.2, 0.25) is 0 Å². The Morgan fingerprint density at radius 1 is 1.10 bits per heavy atom. The van der Waals surface area contributed by atoms with E-state index in [0.29, 0.717) is 24.1 Å². The van der Waals surface area contributed by atoms with E-state index in [2.05, 4.69) is 10.2 Å². The van der Waals surface area contributed by atoms with E-state index < -0.39 is 11.7 Å². The lowest BCUT2D eigenvalue weighted by atomic mass is 9.84. The van der Waals surface area contributed by atoms with E-state index in [1.807, 2.05) is 11.8 Å². The number of nitrogens with one attached hydrogen (secondary N) is 1. The Kier molecular flexibility index (Phi) is 7.44. The first-order valence-electron chi connectivity index (χ1n) is 10.8. The quantitative estimate of drug-likeness (QED) is 0.758. The molecule has 1 aromatic rings. The molecule has 4 nitrogen and oxygen atoms in total. The molecule has 7 heteroatoms. The summed E-state index contributed by atoms with van der Waals surface area (Å²) >= 11 is 0. The molecule has 0 spiro atoms. The molecule has 3 rings (SSSR count). The van der Waals surface area contributed by atoms with Crippen LogP contribution in [0.15, 0.2) is 24.3 Å². The number of carbonyl (C=O) groups excluding carboxylic acids is 1. The number of piperazine rings is 1. The first kappa shape index (κ1) is 21.9. The van der Waals surface area contributed by atoms with Crippen LogP contribution in [0.4, 0.5) is 18.9 Å². The maximum absolute atomic E-state index is 12.9. The van der Waals surface area contributed by atoms with Gasteiger partial charge in [0.15, 0.2) is 0 Å². The molecule has 0 bridgehead atoms. The molecule has 0 aromatic heterocycles. The highest BCUT2D eigenvalue weighted by Crippen LogP contribution is 2.32. The first-order chi connectivity index (χ1) is 13.8. The van der Waals surface area contributed by atoms with Gasteiger partial charge >= 0.3 is 6.18 Å². The number of carbonyl (C=O) groups is 1. The highest BCUT2D eigenvalue weighted by atomic mass is 19.4. The van der Waals surface area contributed by atoms with Crippen LogP contribution < -0.4 is 10.2 Å². The number of hydrogen-bond donors (Lipinski definition) is 1. The topological polar surface area (TPSA) is 35.6 Å². The van der Waals surface area contributed by atoms with Crippen LogP contribution >= 0.6 is 0 Å². The average Bonchev–Trinajstić information content (AvgIpc) is 2.73. The highest BCUT2D eigenvalue weighted by Gasteiger charge is 2.31. The highest BCUT2D eigenvalue weighted by molar-refractivity contribution is 5.75. The maximum atomic E-state index is 12.9. The van der Waals surface area contributed by atoms with E-state index in [-0.39, 0.29) is 5.91 Å². The van der Waals surface area contributed by atoms with Crippen LogP contribution in [0.25, 0.3) is 0 Å². The van der Waals surface area contributed by atoms with Crippen molar-refractivity contribution < 1.29 is 18.0 Å². The van der Waals surface area contributed by atoms with E-state index >= 15 is 0 Å². The zero-order valence-corrected chi connectivity index (χ0v) is 17.2. The van der Waals surface area contributed by atoms with E-state index in [1.165, 1.54) is 25.0 Å². The number of nitrogens with zero attached hydrogens (tertiary/aromatic N) is 2.